The highest BCUT2D eigenvalue weighted by molar-refractivity contribution is 6.21. The smallest absolute Gasteiger partial charge is 0.262 e. The standard InChI is InChI=1S/C22H24N2O4/c1-4-15-9-11-16(12-10-15)23-19(25)13-28-14-22(2,3)24-20(26)17-7-5-6-8-18(17)21(24)27/h5-12H,4,13-14H2,1-3H3,(H,23,25). The number of benzene rings is 2. The summed E-state index contributed by atoms with van der Waals surface area (Å²) in [5.41, 5.74) is 1.81. The molecule has 1 heterocycles. The zero-order valence-electron chi connectivity index (χ0n) is 16.3. The van der Waals surface area contributed by atoms with Crippen LogP contribution in [-0.4, -0.2) is 41.4 Å². The Morgan fingerprint density at radius 2 is 1.57 bits per heavy atom. The number of carbonyl (C=O) groups is 3. The Bertz CT molecular complexity index is 868. The van der Waals surface area contributed by atoms with Crippen molar-refractivity contribution in [2.45, 2.75) is 32.7 Å². The Kier molecular flexibility index (Phi) is 5.61. The van der Waals surface area contributed by atoms with E-state index in [1.165, 1.54) is 10.5 Å². The monoisotopic (exact) mass is 380 g/mol. The van der Waals surface area contributed by atoms with Gasteiger partial charge < -0.3 is 10.1 Å². The van der Waals surface area contributed by atoms with Gasteiger partial charge in [-0.15, -0.1) is 0 Å². The summed E-state index contributed by atoms with van der Waals surface area (Å²) in [6.07, 6.45) is 0.935. The Hall–Kier alpha value is -2.99. The van der Waals surface area contributed by atoms with Gasteiger partial charge in [-0.25, -0.2) is 0 Å². The number of carbonyl (C=O) groups excluding carboxylic acids is 3. The number of ether oxygens (including phenoxy) is 1. The van der Waals surface area contributed by atoms with Gasteiger partial charge in [0, 0.05) is 5.69 Å². The van der Waals surface area contributed by atoms with E-state index in [9.17, 15) is 14.4 Å². The topological polar surface area (TPSA) is 75.7 Å². The van der Waals surface area contributed by atoms with Crippen LogP contribution in [-0.2, 0) is 16.0 Å². The quantitative estimate of drug-likeness (QED) is 0.748. The molecule has 0 aliphatic carbocycles. The molecular weight excluding hydrogens is 356 g/mol. The summed E-state index contributed by atoms with van der Waals surface area (Å²) in [5, 5.41) is 2.77. The summed E-state index contributed by atoms with van der Waals surface area (Å²) in [4.78, 5) is 38.5. The molecule has 0 bridgehead atoms. The summed E-state index contributed by atoms with van der Waals surface area (Å²) in [5.74, 6) is -0.966. The second-order valence-corrected chi connectivity index (χ2v) is 7.40. The minimum atomic E-state index is -0.879. The molecule has 3 rings (SSSR count). The SMILES string of the molecule is CCc1ccc(NC(=O)COCC(C)(C)N2C(=O)c3ccccc3C2=O)cc1. The molecule has 2 aromatic carbocycles. The minimum Gasteiger partial charge on any atom is -0.369 e. The molecule has 146 valence electrons. The number of rotatable bonds is 7. The fourth-order valence-corrected chi connectivity index (χ4v) is 3.22. The third kappa shape index (κ3) is 3.97. The molecule has 0 fully saturated rings. The maximum Gasteiger partial charge on any atom is 0.262 e. The summed E-state index contributed by atoms with van der Waals surface area (Å²) < 4.78 is 5.53. The number of anilines is 1. The van der Waals surface area contributed by atoms with E-state index in [2.05, 4.69) is 12.2 Å². The normalized spacial score (nSPS) is 13.6. The highest BCUT2D eigenvalue weighted by Crippen LogP contribution is 2.29. The van der Waals surface area contributed by atoms with Gasteiger partial charge in [-0.2, -0.15) is 0 Å². The van der Waals surface area contributed by atoms with Crippen molar-refractivity contribution in [3.8, 4) is 0 Å². The second kappa shape index (κ2) is 7.94. The molecule has 1 aliphatic heterocycles. The van der Waals surface area contributed by atoms with Crippen molar-refractivity contribution < 1.29 is 19.1 Å². The lowest BCUT2D eigenvalue weighted by atomic mass is 10.0. The average Bonchev–Trinajstić information content (AvgIpc) is 2.94. The van der Waals surface area contributed by atoms with Crippen LogP contribution in [0, 0.1) is 0 Å². The van der Waals surface area contributed by atoms with E-state index >= 15 is 0 Å². The Morgan fingerprint density at radius 1 is 1.00 bits per heavy atom. The van der Waals surface area contributed by atoms with Crippen molar-refractivity contribution in [1.82, 2.24) is 4.90 Å². The van der Waals surface area contributed by atoms with Crippen molar-refractivity contribution >= 4 is 23.4 Å². The molecule has 28 heavy (non-hydrogen) atoms. The number of hydrogen-bond acceptors (Lipinski definition) is 4. The lowest BCUT2D eigenvalue weighted by molar-refractivity contribution is -0.121. The fraction of sp³-hybridized carbons (Fsp3) is 0.318. The summed E-state index contributed by atoms with van der Waals surface area (Å²) >= 11 is 0. The van der Waals surface area contributed by atoms with Crippen LogP contribution in [0.1, 0.15) is 47.1 Å². The first kappa shape index (κ1) is 19.8. The van der Waals surface area contributed by atoms with Crippen LogP contribution in [0.2, 0.25) is 0 Å². The highest BCUT2D eigenvalue weighted by atomic mass is 16.5. The molecule has 3 amide bonds. The van der Waals surface area contributed by atoms with Gasteiger partial charge in [0.25, 0.3) is 11.8 Å². The molecule has 1 N–H and O–H groups in total. The highest BCUT2D eigenvalue weighted by Gasteiger charge is 2.44. The van der Waals surface area contributed by atoms with Crippen molar-refractivity contribution in [1.29, 1.82) is 0 Å². The maximum atomic E-state index is 12.6. The van der Waals surface area contributed by atoms with E-state index < -0.39 is 5.54 Å². The molecule has 6 heteroatoms. The van der Waals surface area contributed by atoms with E-state index in [1.54, 1.807) is 38.1 Å². The average molecular weight is 380 g/mol. The molecule has 2 aromatic rings. The molecule has 0 saturated carbocycles. The largest absolute Gasteiger partial charge is 0.369 e. The summed E-state index contributed by atoms with van der Waals surface area (Å²) in [6, 6.07) is 14.4. The van der Waals surface area contributed by atoms with Gasteiger partial charge in [-0.05, 0) is 50.1 Å². The Labute approximate surface area is 164 Å². The molecule has 6 nitrogen and oxygen atoms in total. The van der Waals surface area contributed by atoms with Crippen molar-refractivity contribution in [2.75, 3.05) is 18.5 Å². The minimum absolute atomic E-state index is 0.0562. The van der Waals surface area contributed by atoms with Gasteiger partial charge in [0.2, 0.25) is 5.91 Å². The molecule has 0 unspecified atom stereocenters. The van der Waals surface area contributed by atoms with Crippen LogP contribution in [0.4, 0.5) is 5.69 Å². The molecule has 0 saturated heterocycles. The molecule has 0 aromatic heterocycles. The lowest BCUT2D eigenvalue weighted by Crippen LogP contribution is -2.50. The third-order valence-electron chi connectivity index (χ3n) is 4.73. The van der Waals surface area contributed by atoms with Crippen LogP contribution in [0.15, 0.2) is 48.5 Å². The zero-order valence-corrected chi connectivity index (χ0v) is 16.3. The lowest BCUT2D eigenvalue weighted by Gasteiger charge is -2.33. The van der Waals surface area contributed by atoms with E-state index in [4.69, 9.17) is 4.74 Å². The van der Waals surface area contributed by atoms with Gasteiger partial charge in [0.1, 0.15) is 6.61 Å². The van der Waals surface area contributed by atoms with Gasteiger partial charge >= 0.3 is 0 Å². The van der Waals surface area contributed by atoms with Crippen LogP contribution < -0.4 is 5.32 Å². The van der Waals surface area contributed by atoms with Gasteiger partial charge in [0.15, 0.2) is 0 Å². The Balaban J connectivity index is 1.56. The summed E-state index contributed by atoms with van der Waals surface area (Å²) in [6.45, 7) is 5.45. The number of nitrogens with one attached hydrogen (secondary N) is 1. The first-order valence-electron chi connectivity index (χ1n) is 9.28. The first-order valence-corrected chi connectivity index (χ1v) is 9.28. The van der Waals surface area contributed by atoms with Crippen molar-refractivity contribution in [3.63, 3.8) is 0 Å². The number of fused-ring (bicyclic) bond motifs is 1. The predicted molar refractivity (Wildman–Crippen MR) is 106 cm³/mol. The van der Waals surface area contributed by atoms with E-state index in [0.29, 0.717) is 16.8 Å². The Morgan fingerprint density at radius 3 is 2.11 bits per heavy atom. The number of imide groups is 1. The van der Waals surface area contributed by atoms with Crippen molar-refractivity contribution in [3.05, 3.63) is 65.2 Å². The molecule has 0 radical (unpaired) electrons. The zero-order chi connectivity index (χ0) is 20.3. The molecular formula is C22H24N2O4. The van der Waals surface area contributed by atoms with Gasteiger partial charge in [-0.3, -0.25) is 19.3 Å². The van der Waals surface area contributed by atoms with Gasteiger partial charge in [0.05, 0.1) is 23.3 Å². The van der Waals surface area contributed by atoms with Crippen molar-refractivity contribution in [2.24, 2.45) is 0 Å². The first-order chi connectivity index (χ1) is 13.3. The second-order valence-electron chi connectivity index (χ2n) is 7.40. The van der Waals surface area contributed by atoms with E-state index in [0.717, 1.165) is 6.42 Å². The number of amides is 3. The number of hydrogen-bond donors (Lipinski definition) is 1. The van der Waals surface area contributed by atoms with E-state index in [-0.39, 0.29) is 30.9 Å². The maximum absolute atomic E-state index is 12.6. The van der Waals surface area contributed by atoms with Crippen LogP contribution in [0.25, 0.3) is 0 Å². The van der Waals surface area contributed by atoms with E-state index in [1.807, 2.05) is 24.3 Å². The fourth-order valence-electron chi connectivity index (χ4n) is 3.22. The van der Waals surface area contributed by atoms with Crippen LogP contribution in [0.3, 0.4) is 0 Å². The summed E-state index contributed by atoms with van der Waals surface area (Å²) in [7, 11) is 0. The van der Waals surface area contributed by atoms with Crippen LogP contribution >= 0.6 is 0 Å². The third-order valence-corrected chi connectivity index (χ3v) is 4.73. The predicted octanol–water partition coefficient (Wildman–Crippen LogP) is 3.28. The molecule has 0 atom stereocenters. The number of nitrogens with zero attached hydrogens (tertiary/aromatic N) is 1. The van der Waals surface area contributed by atoms with Crippen LogP contribution in [0.5, 0.6) is 0 Å². The van der Waals surface area contributed by atoms with Gasteiger partial charge in [-0.1, -0.05) is 31.2 Å². The molecule has 0 spiro atoms. The molecule has 1 aliphatic rings. The number of aryl methyl sites for hydroxylation is 1.